The predicted molar refractivity (Wildman–Crippen MR) is 206 cm³/mol. The van der Waals surface area contributed by atoms with Gasteiger partial charge < -0.3 is 0 Å². The molecule has 0 atom stereocenters. The molecule has 1 aromatic heterocycles. The fourth-order valence-corrected chi connectivity index (χ4v) is 6.49. The molecule has 2 nitrogen and oxygen atoms in total. The first-order valence-electron chi connectivity index (χ1n) is 16.5. The maximum atomic E-state index is 5.15. The molecule has 0 N–H and O–H groups in total. The van der Waals surface area contributed by atoms with Gasteiger partial charge in [-0.25, -0.2) is 9.97 Å². The number of allylic oxidation sites excluding steroid dienone is 3. The van der Waals surface area contributed by atoms with Gasteiger partial charge in [0.25, 0.3) is 0 Å². The van der Waals surface area contributed by atoms with Crippen LogP contribution in [0, 0.1) is 12.1 Å². The van der Waals surface area contributed by atoms with Crippen molar-refractivity contribution in [2.24, 2.45) is 0 Å². The summed E-state index contributed by atoms with van der Waals surface area (Å²) < 4.78 is 0. The zero-order chi connectivity index (χ0) is 33.2. The molecule has 0 unspecified atom stereocenters. The van der Waals surface area contributed by atoms with Crippen molar-refractivity contribution in [1.82, 2.24) is 9.97 Å². The number of rotatable bonds is 7. The van der Waals surface area contributed by atoms with E-state index in [1.165, 1.54) is 16.3 Å². The summed E-state index contributed by atoms with van der Waals surface area (Å²) in [6, 6.07) is 59.4. The first-order chi connectivity index (χ1) is 24.1. The summed E-state index contributed by atoms with van der Waals surface area (Å²) in [5.74, 6) is 0.683. The van der Waals surface area contributed by atoms with Gasteiger partial charge in [-0.1, -0.05) is 152 Å². The van der Waals surface area contributed by atoms with E-state index in [0.29, 0.717) is 5.82 Å². The van der Waals surface area contributed by atoms with E-state index in [-0.39, 0.29) is 0 Å². The lowest BCUT2D eigenvalue weighted by Gasteiger charge is -2.12. The van der Waals surface area contributed by atoms with Crippen LogP contribution in [0.4, 0.5) is 0 Å². The average Bonchev–Trinajstić information content (AvgIpc) is 3.17. The topological polar surface area (TPSA) is 25.8 Å². The standard InChI is InChI=1S/C47H32N2/c1-3-12-32(2)37-27-28-44-38(29-37)18-11-21-42(44)34-23-25-36(26-24-34)46-31-45(35-14-5-4-6-15-35)48-47(49-46)40-19-9-17-39(30-40)43-22-10-16-33-13-7-8-20-41(33)43/h3-7,9-19,21-31H,2H2,1H3/b12-3-. The zero-order valence-electron chi connectivity index (χ0n) is 27.2. The van der Waals surface area contributed by atoms with E-state index in [1.54, 1.807) is 0 Å². The molecule has 8 rings (SSSR count). The summed E-state index contributed by atoms with van der Waals surface area (Å²) in [6.45, 7) is 6.24. The van der Waals surface area contributed by atoms with E-state index in [9.17, 15) is 0 Å². The third-order valence-corrected chi connectivity index (χ3v) is 8.98. The second-order valence-corrected chi connectivity index (χ2v) is 12.1. The van der Waals surface area contributed by atoms with Gasteiger partial charge in [-0.05, 0) is 86.8 Å². The van der Waals surface area contributed by atoms with Crippen molar-refractivity contribution in [3.8, 4) is 56.2 Å². The molecule has 0 aliphatic heterocycles. The minimum Gasteiger partial charge on any atom is -0.228 e. The van der Waals surface area contributed by atoms with Gasteiger partial charge in [-0.3, -0.25) is 0 Å². The van der Waals surface area contributed by atoms with Crippen LogP contribution in [-0.2, 0) is 0 Å². The van der Waals surface area contributed by atoms with Crippen molar-refractivity contribution in [3.63, 3.8) is 0 Å². The Kier molecular flexibility index (Phi) is 7.86. The van der Waals surface area contributed by atoms with Gasteiger partial charge in [-0.15, -0.1) is 0 Å². The van der Waals surface area contributed by atoms with Gasteiger partial charge in [0.15, 0.2) is 5.82 Å². The van der Waals surface area contributed by atoms with Crippen LogP contribution in [0.15, 0.2) is 170 Å². The lowest BCUT2D eigenvalue weighted by atomic mass is 9.94. The highest BCUT2D eigenvalue weighted by Gasteiger charge is 2.13. The maximum Gasteiger partial charge on any atom is 0.160 e. The van der Waals surface area contributed by atoms with Crippen molar-refractivity contribution < 1.29 is 0 Å². The molecule has 0 radical (unpaired) electrons. The lowest BCUT2D eigenvalue weighted by Crippen LogP contribution is -1.96. The molecule has 0 fully saturated rings. The van der Waals surface area contributed by atoms with E-state index in [0.717, 1.165) is 66.7 Å². The van der Waals surface area contributed by atoms with E-state index in [4.69, 9.17) is 9.97 Å². The van der Waals surface area contributed by atoms with Crippen molar-refractivity contribution in [2.45, 2.75) is 6.92 Å². The molecule has 0 aliphatic rings. The monoisotopic (exact) mass is 624 g/mol. The summed E-state index contributed by atoms with van der Waals surface area (Å²) in [5, 5.41) is 4.59. The minimum atomic E-state index is 0.683. The normalized spacial score (nSPS) is 11.2. The molecule has 0 aliphatic carbocycles. The Labute approximate surface area is 287 Å². The van der Waals surface area contributed by atoms with Gasteiger partial charge in [0.2, 0.25) is 0 Å². The van der Waals surface area contributed by atoms with Gasteiger partial charge in [0.05, 0.1) is 11.4 Å². The summed E-state index contributed by atoms with van der Waals surface area (Å²) in [7, 11) is 0. The van der Waals surface area contributed by atoms with Crippen molar-refractivity contribution in [3.05, 3.63) is 188 Å². The van der Waals surface area contributed by atoms with Crippen molar-refractivity contribution in [1.29, 1.82) is 0 Å². The third kappa shape index (κ3) is 5.91. The number of benzene rings is 6. The lowest BCUT2D eigenvalue weighted by molar-refractivity contribution is 1.18. The Morgan fingerprint density at radius 3 is 2.04 bits per heavy atom. The minimum absolute atomic E-state index is 0.683. The number of hydrogen-bond acceptors (Lipinski definition) is 2. The fourth-order valence-electron chi connectivity index (χ4n) is 6.49. The molecule has 0 bridgehead atoms. The van der Waals surface area contributed by atoms with Crippen LogP contribution < -0.4 is 0 Å². The molecule has 230 valence electrons. The van der Waals surface area contributed by atoms with E-state index >= 15 is 0 Å². The van der Waals surface area contributed by atoms with Crippen LogP contribution in [0.5, 0.6) is 0 Å². The number of hydrogen-bond donors (Lipinski definition) is 0. The Hall–Kier alpha value is -6.56. The molecule has 2 heteroatoms. The summed E-state index contributed by atoms with van der Waals surface area (Å²) in [5.41, 5.74) is 11.5. The molecule has 7 aromatic carbocycles. The maximum absolute atomic E-state index is 5.15. The summed E-state index contributed by atoms with van der Waals surface area (Å²) in [6.07, 6.45) is 4.07. The van der Waals surface area contributed by atoms with Crippen LogP contribution in [0.3, 0.4) is 0 Å². The number of nitrogens with zero attached hydrogens (tertiary/aromatic N) is 2. The molecular weight excluding hydrogens is 593 g/mol. The number of aromatic nitrogens is 2. The first-order valence-corrected chi connectivity index (χ1v) is 16.5. The van der Waals surface area contributed by atoms with Crippen LogP contribution in [0.1, 0.15) is 12.5 Å². The highest BCUT2D eigenvalue weighted by Crippen LogP contribution is 2.35. The van der Waals surface area contributed by atoms with Gasteiger partial charge >= 0.3 is 0 Å². The molecule has 1 heterocycles. The summed E-state index contributed by atoms with van der Waals surface area (Å²) >= 11 is 0. The third-order valence-electron chi connectivity index (χ3n) is 8.98. The first kappa shape index (κ1) is 29.8. The SMILES string of the molecule is C=C(/C=C\C)c1ccc2c(-c3ccc(-c4cc(-c5ccccc5)nc(-c5cccc(-c6cccc7ccc#cc67)c5)n4)cc3)cccc2c1. The molecule has 49 heavy (non-hydrogen) atoms. The van der Waals surface area contributed by atoms with Crippen LogP contribution in [0.2, 0.25) is 0 Å². The van der Waals surface area contributed by atoms with Crippen LogP contribution in [0.25, 0.3) is 83.3 Å². The van der Waals surface area contributed by atoms with Gasteiger partial charge in [0, 0.05) is 22.1 Å². The molecular formula is C47H32N2. The average molecular weight is 625 g/mol. The number of fused-ring (bicyclic) bond motifs is 2. The Balaban J connectivity index is 1.20. The fraction of sp³-hybridized carbons (Fsp3) is 0.0213. The quantitative estimate of drug-likeness (QED) is 0.165. The van der Waals surface area contributed by atoms with E-state index in [2.05, 4.69) is 146 Å². The highest BCUT2D eigenvalue weighted by atomic mass is 14.9. The van der Waals surface area contributed by atoms with Crippen LogP contribution in [-0.4, -0.2) is 9.97 Å². The van der Waals surface area contributed by atoms with Gasteiger partial charge in [-0.2, -0.15) is 0 Å². The van der Waals surface area contributed by atoms with E-state index in [1.807, 2.05) is 43.3 Å². The highest BCUT2D eigenvalue weighted by molar-refractivity contribution is 5.99. The molecule has 0 spiro atoms. The van der Waals surface area contributed by atoms with Crippen LogP contribution >= 0.6 is 0 Å². The molecule has 0 amide bonds. The second kappa shape index (κ2) is 12.9. The smallest absolute Gasteiger partial charge is 0.160 e. The zero-order valence-corrected chi connectivity index (χ0v) is 27.2. The van der Waals surface area contributed by atoms with Crippen molar-refractivity contribution in [2.75, 3.05) is 0 Å². The largest absolute Gasteiger partial charge is 0.228 e. The summed E-state index contributed by atoms with van der Waals surface area (Å²) in [4.78, 5) is 10.2. The Bertz CT molecular complexity index is 2500. The molecule has 0 saturated carbocycles. The Morgan fingerprint density at radius 1 is 0.571 bits per heavy atom. The van der Waals surface area contributed by atoms with Crippen molar-refractivity contribution >= 4 is 27.1 Å². The van der Waals surface area contributed by atoms with E-state index < -0.39 is 0 Å². The van der Waals surface area contributed by atoms with Gasteiger partial charge in [0.1, 0.15) is 0 Å². The second-order valence-electron chi connectivity index (χ2n) is 12.1. The Morgan fingerprint density at radius 2 is 1.24 bits per heavy atom. The molecule has 8 aromatic rings. The molecule has 0 saturated heterocycles. The predicted octanol–water partition coefficient (Wildman–Crippen LogP) is 12.3.